The molecule has 2 nitrogen and oxygen atoms in total. The van der Waals surface area contributed by atoms with Gasteiger partial charge in [0.1, 0.15) is 5.82 Å². The number of nitrogens with two attached hydrogens (primary N) is 1. The van der Waals surface area contributed by atoms with Crippen LogP contribution in [0.15, 0.2) is 12.1 Å². The highest BCUT2D eigenvalue weighted by Gasteiger charge is 2.15. The average Bonchev–Trinajstić information content (AvgIpc) is 2.25. The summed E-state index contributed by atoms with van der Waals surface area (Å²) in [5, 5.41) is 0. The number of benzene rings is 1. The van der Waals surface area contributed by atoms with Crippen molar-refractivity contribution < 1.29 is 4.39 Å². The lowest BCUT2D eigenvalue weighted by atomic mass is 10.1. The van der Waals surface area contributed by atoms with Crippen LogP contribution < -0.4 is 10.6 Å². The minimum atomic E-state index is -0.194. The fraction of sp³-hybridized carbons (Fsp3) is 0.500. The summed E-state index contributed by atoms with van der Waals surface area (Å²) >= 11 is 0. The van der Waals surface area contributed by atoms with Gasteiger partial charge in [-0.05, 0) is 43.9 Å². The Bertz CT molecular complexity index is 357. The molecule has 1 fully saturated rings. The molecule has 2 N–H and O–H groups in total. The van der Waals surface area contributed by atoms with E-state index < -0.39 is 0 Å². The van der Waals surface area contributed by atoms with Gasteiger partial charge in [-0.25, -0.2) is 4.39 Å². The summed E-state index contributed by atoms with van der Waals surface area (Å²) in [5.74, 6) is -0.194. The Kier molecular flexibility index (Phi) is 2.80. The van der Waals surface area contributed by atoms with Crippen LogP contribution in [-0.4, -0.2) is 13.1 Å². The van der Waals surface area contributed by atoms with Gasteiger partial charge in [-0.15, -0.1) is 0 Å². The van der Waals surface area contributed by atoms with E-state index in [2.05, 4.69) is 4.90 Å². The third kappa shape index (κ3) is 2.06. The maximum absolute atomic E-state index is 13.7. The maximum atomic E-state index is 13.7. The molecule has 1 heterocycles. The average molecular weight is 208 g/mol. The molecule has 1 aromatic rings. The normalized spacial score (nSPS) is 16.8. The van der Waals surface area contributed by atoms with Crippen molar-refractivity contribution in [2.75, 3.05) is 23.7 Å². The van der Waals surface area contributed by atoms with Gasteiger partial charge in [-0.1, -0.05) is 0 Å². The highest BCUT2D eigenvalue weighted by Crippen LogP contribution is 2.27. The zero-order chi connectivity index (χ0) is 10.8. The van der Waals surface area contributed by atoms with Gasteiger partial charge in [0, 0.05) is 18.8 Å². The molecule has 0 amide bonds. The van der Waals surface area contributed by atoms with Crippen LogP contribution in [0.3, 0.4) is 0 Å². The minimum absolute atomic E-state index is 0.194. The van der Waals surface area contributed by atoms with Gasteiger partial charge in [-0.3, -0.25) is 0 Å². The number of nitrogens with zero attached hydrogens (tertiary/aromatic N) is 1. The number of nitrogen functional groups attached to an aromatic ring is 1. The van der Waals surface area contributed by atoms with Crippen LogP contribution in [0.2, 0.25) is 0 Å². The topological polar surface area (TPSA) is 29.3 Å². The number of anilines is 2. The monoisotopic (exact) mass is 208 g/mol. The first-order chi connectivity index (χ1) is 7.18. The Balaban J connectivity index is 2.30. The van der Waals surface area contributed by atoms with Crippen molar-refractivity contribution in [3.63, 3.8) is 0 Å². The van der Waals surface area contributed by atoms with Crippen LogP contribution in [0.5, 0.6) is 0 Å². The Morgan fingerprint density at radius 3 is 2.53 bits per heavy atom. The summed E-state index contributed by atoms with van der Waals surface area (Å²) in [6.07, 6.45) is 3.57. The fourth-order valence-electron chi connectivity index (χ4n) is 2.06. The van der Waals surface area contributed by atoms with E-state index >= 15 is 0 Å². The molecule has 0 bridgehead atoms. The van der Waals surface area contributed by atoms with E-state index in [4.69, 9.17) is 5.73 Å². The molecule has 0 aliphatic carbocycles. The number of rotatable bonds is 1. The summed E-state index contributed by atoms with van der Waals surface area (Å²) in [5.41, 5.74) is 7.86. The van der Waals surface area contributed by atoms with Gasteiger partial charge >= 0.3 is 0 Å². The molecule has 2 rings (SSSR count). The quantitative estimate of drug-likeness (QED) is 0.719. The van der Waals surface area contributed by atoms with E-state index in [1.807, 2.05) is 13.0 Å². The lowest BCUT2D eigenvalue weighted by Gasteiger charge is -2.29. The fourth-order valence-corrected chi connectivity index (χ4v) is 2.06. The molecule has 1 aliphatic rings. The largest absolute Gasteiger partial charge is 0.398 e. The Labute approximate surface area is 89.9 Å². The zero-order valence-corrected chi connectivity index (χ0v) is 9.09. The molecule has 82 valence electrons. The van der Waals surface area contributed by atoms with Gasteiger partial charge in [0.05, 0.1) is 5.69 Å². The summed E-state index contributed by atoms with van der Waals surface area (Å²) in [6, 6.07) is 3.29. The molecule has 0 spiro atoms. The Morgan fingerprint density at radius 2 is 1.87 bits per heavy atom. The van der Waals surface area contributed by atoms with Crippen LogP contribution in [-0.2, 0) is 0 Å². The van der Waals surface area contributed by atoms with Crippen molar-refractivity contribution in [1.29, 1.82) is 0 Å². The lowest BCUT2D eigenvalue weighted by Crippen LogP contribution is -2.30. The highest BCUT2D eigenvalue weighted by atomic mass is 19.1. The number of halogens is 1. The van der Waals surface area contributed by atoms with Gasteiger partial charge < -0.3 is 10.6 Å². The second-order valence-electron chi connectivity index (χ2n) is 4.21. The molecule has 15 heavy (non-hydrogen) atoms. The SMILES string of the molecule is Cc1cc(N2CCCCC2)c(F)cc1N. The van der Waals surface area contributed by atoms with Crippen molar-refractivity contribution in [2.24, 2.45) is 0 Å². The van der Waals surface area contributed by atoms with Crippen molar-refractivity contribution in [3.8, 4) is 0 Å². The third-order valence-electron chi connectivity index (χ3n) is 3.03. The van der Waals surface area contributed by atoms with E-state index in [-0.39, 0.29) is 5.82 Å². The summed E-state index contributed by atoms with van der Waals surface area (Å²) in [6.45, 7) is 3.84. The zero-order valence-electron chi connectivity index (χ0n) is 9.09. The first-order valence-electron chi connectivity index (χ1n) is 5.49. The van der Waals surface area contributed by atoms with Crippen molar-refractivity contribution in [1.82, 2.24) is 0 Å². The van der Waals surface area contributed by atoms with E-state index in [0.29, 0.717) is 11.4 Å². The molecule has 1 aromatic carbocycles. The smallest absolute Gasteiger partial charge is 0.148 e. The van der Waals surface area contributed by atoms with Gasteiger partial charge in [-0.2, -0.15) is 0 Å². The van der Waals surface area contributed by atoms with Gasteiger partial charge in [0.2, 0.25) is 0 Å². The number of hydrogen-bond acceptors (Lipinski definition) is 2. The van der Waals surface area contributed by atoms with Crippen LogP contribution in [0.25, 0.3) is 0 Å². The lowest BCUT2D eigenvalue weighted by molar-refractivity contribution is 0.557. The van der Waals surface area contributed by atoms with Crippen molar-refractivity contribution in [2.45, 2.75) is 26.2 Å². The van der Waals surface area contributed by atoms with Crippen LogP contribution in [0.1, 0.15) is 24.8 Å². The van der Waals surface area contributed by atoms with Crippen LogP contribution in [0, 0.1) is 12.7 Å². The second kappa shape index (κ2) is 4.09. The van der Waals surface area contributed by atoms with Gasteiger partial charge in [0.25, 0.3) is 0 Å². The molecular weight excluding hydrogens is 191 g/mol. The standard InChI is InChI=1S/C12H17FN2/c1-9-7-12(10(13)8-11(9)14)15-5-3-2-4-6-15/h7-8H,2-6,14H2,1H3. The van der Waals surface area contributed by atoms with Crippen molar-refractivity contribution >= 4 is 11.4 Å². The van der Waals surface area contributed by atoms with Crippen molar-refractivity contribution in [3.05, 3.63) is 23.5 Å². The van der Waals surface area contributed by atoms with E-state index in [0.717, 1.165) is 31.5 Å². The first kappa shape index (κ1) is 10.3. The molecule has 3 heteroatoms. The number of hydrogen-bond donors (Lipinski definition) is 1. The molecule has 0 aromatic heterocycles. The number of piperidine rings is 1. The van der Waals surface area contributed by atoms with Crippen LogP contribution in [0.4, 0.5) is 15.8 Å². The van der Waals surface area contributed by atoms with Gasteiger partial charge in [0.15, 0.2) is 0 Å². The molecular formula is C12H17FN2. The van der Waals surface area contributed by atoms with Crippen LogP contribution >= 0.6 is 0 Å². The van der Waals surface area contributed by atoms with E-state index in [9.17, 15) is 4.39 Å². The van der Waals surface area contributed by atoms with E-state index in [1.165, 1.54) is 12.5 Å². The molecule has 0 unspecified atom stereocenters. The minimum Gasteiger partial charge on any atom is -0.398 e. The summed E-state index contributed by atoms with van der Waals surface area (Å²) < 4.78 is 13.7. The summed E-state index contributed by atoms with van der Waals surface area (Å²) in [4.78, 5) is 2.12. The summed E-state index contributed by atoms with van der Waals surface area (Å²) in [7, 11) is 0. The molecule has 0 saturated carbocycles. The molecule has 1 saturated heterocycles. The molecule has 1 aliphatic heterocycles. The van der Waals surface area contributed by atoms with E-state index in [1.54, 1.807) is 0 Å². The molecule has 0 radical (unpaired) electrons. The third-order valence-corrected chi connectivity index (χ3v) is 3.03. The number of aryl methyl sites for hydroxylation is 1. The predicted octanol–water partition coefficient (Wildman–Crippen LogP) is 2.71. The second-order valence-corrected chi connectivity index (χ2v) is 4.21. The Hall–Kier alpha value is -1.25. The first-order valence-corrected chi connectivity index (χ1v) is 5.49. The predicted molar refractivity (Wildman–Crippen MR) is 61.6 cm³/mol. The highest BCUT2D eigenvalue weighted by molar-refractivity contribution is 5.59. The Morgan fingerprint density at radius 1 is 1.20 bits per heavy atom. The molecule has 0 atom stereocenters. The maximum Gasteiger partial charge on any atom is 0.148 e.